The average Bonchev–Trinajstić information content (AvgIpc) is 3.24. The number of benzene rings is 1. The fourth-order valence-electron chi connectivity index (χ4n) is 5.22. The maximum atomic E-state index is 13.7. The Bertz CT molecular complexity index is 899. The molecule has 2 fully saturated rings. The van der Waals surface area contributed by atoms with Crippen molar-refractivity contribution in [3.8, 4) is 0 Å². The number of aromatic nitrogens is 2. The molecule has 1 aromatic carbocycles. The molecule has 4 rings (SSSR count). The number of fused-ring (bicyclic) bond motifs is 1. The van der Waals surface area contributed by atoms with Gasteiger partial charge in [0.2, 0.25) is 5.91 Å². The number of likely N-dealkylation sites (tertiary alicyclic amines) is 2. The summed E-state index contributed by atoms with van der Waals surface area (Å²) in [4.78, 5) is 17.2. The maximum Gasteiger partial charge on any atom is 0.222 e. The quantitative estimate of drug-likeness (QED) is 0.762. The van der Waals surface area contributed by atoms with E-state index in [1.54, 1.807) is 12.1 Å². The molecule has 1 amide bonds. The van der Waals surface area contributed by atoms with Crippen LogP contribution in [-0.2, 0) is 18.3 Å². The van der Waals surface area contributed by atoms with E-state index in [2.05, 4.69) is 24.0 Å². The Morgan fingerprint density at radius 2 is 1.97 bits per heavy atom. The summed E-state index contributed by atoms with van der Waals surface area (Å²) >= 11 is 0. The first-order valence-electron chi connectivity index (χ1n) is 10.1. The summed E-state index contributed by atoms with van der Waals surface area (Å²) in [6.07, 6.45) is 1.26. The molecule has 2 aromatic rings. The van der Waals surface area contributed by atoms with Crippen LogP contribution < -0.4 is 0 Å². The second-order valence-electron chi connectivity index (χ2n) is 8.44. The van der Waals surface area contributed by atoms with Crippen LogP contribution in [0.15, 0.2) is 24.3 Å². The van der Waals surface area contributed by atoms with Gasteiger partial charge in [0.05, 0.1) is 5.69 Å². The number of hydrogen-bond donors (Lipinski definition) is 0. The van der Waals surface area contributed by atoms with Crippen molar-refractivity contribution in [3.63, 3.8) is 0 Å². The Balaban J connectivity index is 0.00000240. The SMILES string of the molecule is Cc1nn(C)c(C)c1CCC(=O)N1C[C@@H]2CN(C)[C@@H](c3cccc(F)c3)[C@@H]2C1.Cl. The molecule has 2 aliphatic heterocycles. The molecule has 0 bridgehead atoms. The molecule has 2 saturated heterocycles. The summed E-state index contributed by atoms with van der Waals surface area (Å²) < 4.78 is 15.6. The van der Waals surface area contributed by atoms with Gasteiger partial charge in [0.15, 0.2) is 0 Å². The number of hydrogen-bond acceptors (Lipinski definition) is 3. The van der Waals surface area contributed by atoms with Gasteiger partial charge in [-0.25, -0.2) is 4.39 Å². The molecule has 0 spiro atoms. The molecule has 0 N–H and O–H groups in total. The third-order valence-corrected chi connectivity index (χ3v) is 6.69. The van der Waals surface area contributed by atoms with Crippen LogP contribution in [0, 0.1) is 31.5 Å². The Morgan fingerprint density at radius 3 is 2.62 bits per heavy atom. The maximum absolute atomic E-state index is 13.7. The van der Waals surface area contributed by atoms with E-state index < -0.39 is 0 Å². The lowest BCUT2D eigenvalue weighted by Gasteiger charge is -2.27. The Kier molecular flexibility index (Phi) is 6.34. The second-order valence-corrected chi connectivity index (χ2v) is 8.44. The van der Waals surface area contributed by atoms with Crippen molar-refractivity contribution in [2.45, 2.75) is 32.7 Å². The highest BCUT2D eigenvalue weighted by Gasteiger charge is 2.47. The van der Waals surface area contributed by atoms with E-state index in [1.165, 1.54) is 11.6 Å². The fraction of sp³-hybridized carbons (Fsp3) is 0.545. The van der Waals surface area contributed by atoms with Crippen LogP contribution >= 0.6 is 12.4 Å². The van der Waals surface area contributed by atoms with Crippen molar-refractivity contribution < 1.29 is 9.18 Å². The highest BCUT2D eigenvalue weighted by Crippen LogP contribution is 2.44. The third-order valence-electron chi connectivity index (χ3n) is 6.69. The van der Waals surface area contributed by atoms with Gasteiger partial charge in [0, 0.05) is 50.8 Å². The average molecular weight is 421 g/mol. The van der Waals surface area contributed by atoms with Gasteiger partial charge in [0.25, 0.3) is 0 Å². The lowest BCUT2D eigenvalue weighted by atomic mass is 9.89. The largest absolute Gasteiger partial charge is 0.342 e. The first-order chi connectivity index (χ1) is 13.3. The van der Waals surface area contributed by atoms with Crippen molar-refractivity contribution >= 4 is 18.3 Å². The lowest BCUT2D eigenvalue weighted by molar-refractivity contribution is -0.130. The molecule has 0 unspecified atom stereocenters. The molecule has 158 valence electrons. The number of halogens is 2. The van der Waals surface area contributed by atoms with E-state index in [9.17, 15) is 9.18 Å². The summed E-state index contributed by atoms with van der Waals surface area (Å²) in [6.45, 7) is 6.59. The van der Waals surface area contributed by atoms with Crippen LogP contribution in [0.3, 0.4) is 0 Å². The molecule has 0 radical (unpaired) electrons. The Labute approximate surface area is 178 Å². The standard InChI is InChI=1S/C22H29FN4O.ClH/c1-14-19(15(2)26(4)24-14)8-9-21(28)27-12-17-11-25(3)22(20(17)13-27)16-6-5-7-18(23)10-16;/h5-7,10,17,20,22H,8-9,11-13H2,1-4H3;1H/t17-,20+,22-;/m0./s1. The summed E-state index contributed by atoms with van der Waals surface area (Å²) in [5.74, 6) is 0.863. The minimum Gasteiger partial charge on any atom is -0.342 e. The first kappa shape index (κ1) is 21.8. The molecule has 5 nitrogen and oxygen atoms in total. The number of amides is 1. The van der Waals surface area contributed by atoms with Gasteiger partial charge in [-0.3, -0.25) is 14.4 Å². The third kappa shape index (κ3) is 4.05. The smallest absolute Gasteiger partial charge is 0.222 e. The van der Waals surface area contributed by atoms with Gasteiger partial charge in [-0.2, -0.15) is 5.10 Å². The zero-order valence-corrected chi connectivity index (χ0v) is 18.4. The minimum atomic E-state index is -0.192. The molecule has 3 atom stereocenters. The topological polar surface area (TPSA) is 41.4 Å². The van der Waals surface area contributed by atoms with E-state index in [-0.39, 0.29) is 30.2 Å². The van der Waals surface area contributed by atoms with Gasteiger partial charge in [-0.15, -0.1) is 12.4 Å². The molecule has 1 aromatic heterocycles. The van der Waals surface area contributed by atoms with E-state index >= 15 is 0 Å². The monoisotopic (exact) mass is 420 g/mol. The zero-order chi connectivity index (χ0) is 20.0. The van der Waals surface area contributed by atoms with Crippen molar-refractivity contribution in [2.75, 3.05) is 26.7 Å². The van der Waals surface area contributed by atoms with Crippen LogP contribution in [-0.4, -0.2) is 52.2 Å². The number of aryl methyl sites for hydroxylation is 2. The van der Waals surface area contributed by atoms with Crippen LogP contribution in [0.5, 0.6) is 0 Å². The summed E-state index contributed by atoms with van der Waals surface area (Å²) in [7, 11) is 4.05. The van der Waals surface area contributed by atoms with Gasteiger partial charge in [-0.05, 0) is 56.5 Å². The van der Waals surface area contributed by atoms with Gasteiger partial charge in [0.1, 0.15) is 5.82 Å². The molecule has 0 saturated carbocycles. The molecule has 29 heavy (non-hydrogen) atoms. The van der Waals surface area contributed by atoms with E-state index in [4.69, 9.17) is 0 Å². The number of rotatable bonds is 4. The van der Waals surface area contributed by atoms with Crippen molar-refractivity contribution in [1.82, 2.24) is 19.6 Å². The zero-order valence-electron chi connectivity index (χ0n) is 17.6. The van der Waals surface area contributed by atoms with Crippen molar-refractivity contribution in [3.05, 3.63) is 52.6 Å². The van der Waals surface area contributed by atoms with E-state index in [0.717, 1.165) is 43.0 Å². The lowest BCUT2D eigenvalue weighted by Crippen LogP contribution is -2.33. The molecule has 0 aliphatic carbocycles. The van der Waals surface area contributed by atoms with Crippen LogP contribution in [0.25, 0.3) is 0 Å². The molecule has 2 aliphatic rings. The first-order valence-corrected chi connectivity index (χ1v) is 10.1. The molecular formula is C22H30ClFN4O. The minimum absolute atomic E-state index is 0. The van der Waals surface area contributed by atoms with Gasteiger partial charge in [-0.1, -0.05) is 12.1 Å². The van der Waals surface area contributed by atoms with Crippen LogP contribution in [0.4, 0.5) is 4.39 Å². The van der Waals surface area contributed by atoms with Crippen LogP contribution in [0.1, 0.15) is 35.0 Å². The number of carbonyl (C=O) groups excluding carboxylic acids is 1. The molecule has 7 heteroatoms. The van der Waals surface area contributed by atoms with Crippen molar-refractivity contribution in [2.24, 2.45) is 18.9 Å². The van der Waals surface area contributed by atoms with E-state index in [1.807, 2.05) is 29.6 Å². The molecule has 3 heterocycles. The van der Waals surface area contributed by atoms with Gasteiger partial charge >= 0.3 is 0 Å². The predicted octanol–water partition coefficient (Wildman–Crippen LogP) is 3.29. The second kappa shape index (κ2) is 8.44. The Morgan fingerprint density at radius 1 is 1.21 bits per heavy atom. The highest BCUT2D eigenvalue weighted by atomic mass is 35.5. The van der Waals surface area contributed by atoms with Crippen LogP contribution in [0.2, 0.25) is 0 Å². The Hall–Kier alpha value is -1.92. The highest BCUT2D eigenvalue weighted by molar-refractivity contribution is 5.85. The number of carbonyl (C=O) groups is 1. The predicted molar refractivity (Wildman–Crippen MR) is 114 cm³/mol. The summed E-state index contributed by atoms with van der Waals surface area (Å²) in [5, 5.41) is 4.45. The van der Waals surface area contributed by atoms with Gasteiger partial charge < -0.3 is 4.90 Å². The summed E-state index contributed by atoms with van der Waals surface area (Å²) in [6, 6.07) is 7.10. The molecular weight excluding hydrogens is 391 g/mol. The van der Waals surface area contributed by atoms with E-state index in [0.29, 0.717) is 18.3 Å². The van der Waals surface area contributed by atoms with Crippen molar-refractivity contribution in [1.29, 1.82) is 0 Å². The summed E-state index contributed by atoms with van der Waals surface area (Å²) in [5.41, 5.74) is 4.36. The fourth-order valence-corrected chi connectivity index (χ4v) is 5.22. The normalized spacial score (nSPS) is 23.9. The number of nitrogens with zero attached hydrogens (tertiary/aromatic N) is 4.